The normalized spacial score (nSPS) is 27.7. The summed E-state index contributed by atoms with van der Waals surface area (Å²) in [6.45, 7) is 0.244. The van der Waals surface area contributed by atoms with E-state index >= 15 is 0 Å². The first kappa shape index (κ1) is 12.5. The number of aliphatic carboxylic acids is 1. The van der Waals surface area contributed by atoms with Gasteiger partial charge >= 0.3 is 5.97 Å². The van der Waals surface area contributed by atoms with Crippen LogP contribution in [0.25, 0.3) is 0 Å². The zero-order valence-electron chi connectivity index (χ0n) is 9.78. The van der Waals surface area contributed by atoms with Gasteiger partial charge in [0.25, 0.3) is 5.82 Å². The van der Waals surface area contributed by atoms with Crippen LogP contribution in [0.1, 0.15) is 31.5 Å². The molecule has 1 fully saturated rings. The Morgan fingerprint density at radius 3 is 2.78 bits per heavy atom. The SMILES string of the molecule is N#Cc1ncn(CC2(O)CCC(C(=O)O)CC2)n1. The summed E-state index contributed by atoms with van der Waals surface area (Å²) in [5, 5.41) is 31.7. The molecule has 1 aromatic heterocycles. The van der Waals surface area contributed by atoms with E-state index in [0.717, 1.165) is 0 Å². The van der Waals surface area contributed by atoms with Crippen LogP contribution in [0.4, 0.5) is 0 Å². The van der Waals surface area contributed by atoms with E-state index in [9.17, 15) is 9.90 Å². The van der Waals surface area contributed by atoms with E-state index in [2.05, 4.69) is 10.1 Å². The predicted octanol–water partition coefficient (Wildman–Crippen LogP) is 0.156. The fourth-order valence-corrected chi connectivity index (χ4v) is 2.28. The van der Waals surface area contributed by atoms with E-state index in [1.165, 1.54) is 11.0 Å². The van der Waals surface area contributed by atoms with E-state index in [0.29, 0.717) is 25.7 Å². The molecule has 0 unspecified atom stereocenters. The lowest BCUT2D eigenvalue weighted by molar-refractivity contribution is -0.145. The fourth-order valence-electron chi connectivity index (χ4n) is 2.28. The fraction of sp³-hybridized carbons (Fsp3) is 0.636. The number of nitriles is 1. The highest BCUT2D eigenvalue weighted by molar-refractivity contribution is 5.70. The van der Waals surface area contributed by atoms with Gasteiger partial charge in [-0.2, -0.15) is 5.26 Å². The Kier molecular flexibility index (Phi) is 3.30. The van der Waals surface area contributed by atoms with Crippen molar-refractivity contribution in [2.45, 2.75) is 37.8 Å². The smallest absolute Gasteiger partial charge is 0.306 e. The number of carbonyl (C=O) groups is 1. The number of hydrogen-bond donors (Lipinski definition) is 2. The van der Waals surface area contributed by atoms with Crippen molar-refractivity contribution in [2.24, 2.45) is 5.92 Å². The summed E-state index contributed by atoms with van der Waals surface area (Å²) in [7, 11) is 0. The van der Waals surface area contributed by atoms with Crippen molar-refractivity contribution >= 4 is 5.97 Å². The first-order valence-electron chi connectivity index (χ1n) is 5.77. The summed E-state index contributed by atoms with van der Waals surface area (Å²) in [4.78, 5) is 14.6. The number of aliphatic hydroxyl groups is 1. The zero-order valence-corrected chi connectivity index (χ0v) is 9.78. The van der Waals surface area contributed by atoms with Crippen LogP contribution in [-0.4, -0.2) is 36.5 Å². The molecule has 0 atom stereocenters. The summed E-state index contributed by atoms with van der Waals surface area (Å²) in [5.41, 5.74) is -0.952. The molecular formula is C11H14N4O3. The van der Waals surface area contributed by atoms with Gasteiger partial charge in [-0.3, -0.25) is 4.79 Å². The standard InChI is InChI=1S/C11H14N4O3/c12-5-9-13-7-15(14-9)6-11(18)3-1-8(2-4-11)10(16)17/h7-8,18H,1-4,6H2,(H,16,17). The first-order chi connectivity index (χ1) is 8.52. The zero-order chi connectivity index (χ0) is 13.2. The summed E-state index contributed by atoms with van der Waals surface area (Å²) >= 11 is 0. The molecule has 0 aromatic carbocycles. The van der Waals surface area contributed by atoms with Gasteiger partial charge in [-0.1, -0.05) is 0 Å². The quantitative estimate of drug-likeness (QED) is 0.790. The van der Waals surface area contributed by atoms with E-state index in [4.69, 9.17) is 10.4 Å². The van der Waals surface area contributed by atoms with Gasteiger partial charge in [0.1, 0.15) is 12.4 Å². The molecule has 1 aromatic rings. The van der Waals surface area contributed by atoms with Gasteiger partial charge in [0, 0.05) is 0 Å². The van der Waals surface area contributed by atoms with Crippen molar-refractivity contribution in [2.75, 3.05) is 0 Å². The molecule has 0 amide bonds. The molecule has 1 aliphatic carbocycles. The topological polar surface area (TPSA) is 112 Å². The Morgan fingerprint density at radius 2 is 2.28 bits per heavy atom. The third kappa shape index (κ3) is 2.65. The average Bonchev–Trinajstić information content (AvgIpc) is 2.76. The minimum atomic E-state index is -0.952. The van der Waals surface area contributed by atoms with E-state index in [-0.39, 0.29) is 18.3 Å². The van der Waals surface area contributed by atoms with Crippen LogP contribution >= 0.6 is 0 Å². The van der Waals surface area contributed by atoms with E-state index in [1.54, 1.807) is 0 Å². The molecule has 2 N–H and O–H groups in total. The highest BCUT2D eigenvalue weighted by Crippen LogP contribution is 2.33. The highest BCUT2D eigenvalue weighted by atomic mass is 16.4. The number of nitrogens with zero attached hydrogens (tertiary/aromatic N) is 4. The molecule has 0 radical (unpaired) electrons. The van der Waals surface area contributed by atoms with Crippen molar-refractivity contribution in [1.82, 2.24) is 14.8 Å². The van der Waals surface area contributed by atoms with Crippen molar-refractivity contribution in [3.8, 4) is 6.07 Å². The molecule has 96 valence electrons. The average molecular weight is 250 g/mol. The van der Waals surface area contributed by atoms with Crippen LogP contribution in [0.5, 0.6) is 0 Å². The van der Waals surface area contributed by atoms with Crippen LogP contribution in [0.2, 0.25) is 0 Å². The van der Waals surface area contributed by atoms with Gasteiger partial charge in [0.05, 0.1) is 18.1 Å². The Morgan fingerprint density at radius 1 is 1.61 bits per heavy atom. The Labute approximate surface area is 104 Å². The largest absolute Gasteiger partial charge is 0.481 e. The number of carboxylic acids is 1. The van der Waals surface area contributed by atoms with Crippen LogP contribution in [0, 0.1) is 17.2 Å². The Bertz CT molecular complexity index is 483. The Balaban J connectivity index is 1.97. The molecule has 2 rings (SSSR count). The van der Waals surface area contributed by atoms with Crippen molar-refractivity contribution in [3.05, 3.63) is 12.2 Å². The molecule has 0 aliphatic heterocycles. The second kappa shape index (κ2) is 4.74. The number of carboxylic acid groups (broad SMARTS) is 1. The van der Waals surface area contributed by atoms with Gasteiger partial charge in [-0.25, -0.2) is 9.67 Å². The second-order valence-corrected chi connectivity index (χ2v) is 4.71. The van der Waals surface area contributed by atoms with Crippen LogP contribution in [-0.2, 0) is 11.3 Å². The third-order valence-corrected chi connectivity index (χ3v) is 3.36. The monoisotopic (exact) mass is 250 g/mol. The molecule has 0 bridgehead atoms. The van der Waals surface area contributed by atoms with Gasteiger partial charge in [-0.05, 0) is 25.7 Å². The maximum absolute atomic E-state index is 10.8. The third-order valence-electron chi connectivity index (χ3n) is 3.36. The molecule has 0 saturated heterocycles. The van der Waals surface area contributed by atoms with Crippen molar-refractivity contribution < 1.29 is 15.0 Å². The van der Waals surface area contributed by atoms with E-state index in [1.807, 2.05) is 6.07 Å². The van der Waals surface area contributed by atoms with Gasteiger partial charge < -0.3 is 10.2 Å². The maximum atomic E-state index is 10.8. The van der Waals surface area contributed by atoms with Gasteiger partial charge in [0.2, 0.25) is 0 Å². The predicted molar refractivity (Wildman–Crippen MR) is 59.3 cm³/mol. The minimum absolute atomic E-state index is 0.0674. The Hall–Kier alpha value is -1.94. The lowest BCUT2D eigenvalue weighted by Gasteiger charge is -2.34. The minimum Gasteiger partial charge on any atom is -0.481 e. The molecule has 7 nitrogen and oxygen atoms in total. The second-order valence-electron chi connectivity index (χ2n) is 4.71. The number of hydrogen-bond acceptors (Lipinski definition) is 5. The van der Waals surface area contributed by atoms with Crippen LogP contribution < -0.4 is 0 Å². The molecule has 0 spiro atoms. The van der Waals surface area contributed by atoms with Crippen LogP contribution in [0.3, 0.4) is 0 Å². The summed E-state index contributed by atoms with van der Waals surface area (Å²) in [6.07, 6.45) is 3.18. The highest BCUT2D eigenvalue weighted by Gasteiger charge is 2.36. The number of rotatable bonds is 3. The first-order valence-corrected chi connectivity index (χ1v) is 5.77. The lowest BCUT2D eigenvalue weighted by Crippen LogP contribution is -2.40. The molecule has 1 aliphatic rings. The van der Waals surface area contributed by atoms with Crippen molar-refractivity contribution in [1.29, 1.82) is 5.26 Å². The number of aromatic nitrogens is 3. The molecule has 1 saturated carbocycles. The molecule has 1 heterocycles. The van der Waals surface area contributed by atoms with E-state index < -0.39 is 11.6 Å². The summed E-state index contributed by atoms with van der Waals surface area (Å²) < 4.78 is 1.43. The summed E-state index contributed by atoms with van der Waals surface area (Å²) in [5.74, 6) is -1.10. The molecule has 18 heavy (non-hydrogen) atoms. The van der Waals surface area contributed by atoms with Gasteiger partial charge in [-0.15, -0.1) is 5.10 Å². The lowest BCUT2D eigenvalue weighted by atomic mass is 9.79. The molecule has 7 heteroatoms. The maximum Gasteiger partial charge on any atom is 0.306 e. The molecular weight excluding hydrogens is 236 g/mol. The summed E-state index contributed by atoms with van der Waals surface area (Å²) in [6, 6.07) is 1.82. The van der Waals surface area contributed by atoms with Gasteiger partial charge in [0.15, 0.2) is 0 Å². The van der Waals surface area contributed by atoms with Crippen molar-refractivity contribution in [3.63, 3.8) is 0 Å². The van der Waals surface area contributed by atoms with Crippen LogP contribution in [0.15, 0.2) is 6.33 Å².